The SMILES string of the molecule is CCO[C@H]1Sc2nnc(C)n2N=C1c1ccc(F)cc1. The van der Waals surface area contributed by atoms with Gasteiger partial charge in [-0.25, -0.2) is 4.39 Å². The van der Waals surface area contributed by atoms with Crippen molar-refractivity contribution in [2.45, 2.75) is 24.4 Å². The summed E-state index contributed by atoms with van der Waals surface area (Å²) >= 11 is 1.45. The molecule has 20 heavy (non-hydrogen) atoms. The molecule has 0 saturated heterocycles. The van der Waals surface area contributed by atoms with E-state index < -0.39 is 0 Å². The molecular weight excluding hydrogens is 279 g/mol. The zero-order chi connectivity index (χ0) is 14.1. The number of halogens is 1. The third-order valence-corrected chi connectivity index (χ3v) is 3.91. The van der Waals surface area contributed by atoms with Crippen LogP contribution in [0.1, 0.15) is 18.3 Å². The first-order chi connectivity index (χ1) is 9.69. The molecule has 3 rings (SSSR count). The number of hydrogen-bond donors (Lipinski definition) is 0. The quantitative estimate of drug-likeness (QED) is 0.872. The maximum Gasteiger partial charge on any atom is 0.214 e. The van der Waals surface area contributed by atoms with E-state index in [2.05, 4.69) is 15.3 Å². The first-order valence-electron chi connectivity index (χ1n) is 6.24. The van der Waals surface area contributed by atoms with Crippen LogP contribution in [-0.2, 0) is 4.74 Å². The lowest BCUT2D eigenvalue weighted by atomic mass is 10.1. The fourth-order valence-corrected chi connectivity index (χ4v) is 2.96. The van der Waals surface area contributed by atoms with Gasteiger partial charge in [-0.1, -0.05) is 12.1 Å². The number of nitrogens with zero attached hydrogens (tertiary/aromatic N) is 4. The Morgan fingerprint density at radius 1 is 1.30 bits per heavy atom. The Morgan fingerprint density at radius 2 is 2.05 bits per heavy atom. The molecule has 2 aromatic rings. The first kappa shape index (κ1) is 13.3. The highest BCUT2D eigenvalue weighted by atomic mass is 32.2. The average molecular weight is 292 g/mol. The predicted octanol–water partition coefficient (Wildman–Crippen LogP) is 2.45. The number of fused-ring (bicyclic) bond motifs is 1. The molecule has 0 aliphatic carbocycles. The summed E-state index contributed by atoms with van der Waals surface area (Å²) < 4.78 is 20.4. The molecule has 0 radical (unpaired) electrons. The fraction of sp³-hybridized carbons (Fsp3) is 0.308. The van der Waals surface area contributed by atoms with Gasteiger partial charge in [-0.2, -0.15) is 9.78 Å². The van der Waals surface area contributed by atoms with Gasteiger partial charge in [0.1, 0.15) is 11.5 Å². The Labute approximate surface area is 119 Å². The predicted molar refractivity (Wildman–Crippen MR) is 74.4 cm³/mol. The van der Waals surface area contributed by atoms with Crippen LogP contribution in [0, 0.1) is 12.7 Å². The van der Waals surface area contributed by atoms with Crippen LogP contribution in [0.25, 0.3) is 0 Å². The van der Waals surface area contributed by atoms with E-state index in [4.69, 9.17) is 4.74 Å². The van der Waals surface area contributed by atoms with E-state index in [1.54, 1.807) is 16.8 Å². The number of benzene rings is 1. The summed E-state index contributed by atoms with van der Waals surface area (Å²) in [5.74, 6) is 0.439. The van der Waals surface area contributed by atoms with Crippen LogP contribution >= 0.6 is 11.8 Å². The van der Waals surface area contributed by atoms with Crippen LogP contribution in [-0.4, -0.2) is 32.6 Å². The van der Waals surface area contributed by atoms with Crippen LogP contribution in [0.3, 0.4) is 0 Å². The normalized spacial score (nSPS) is 17.8. The molecule has 1 aliphatic heterocycles. The van der Waals surface area contributed by atoms with Crippen molar-refractivity contribution in [1.82, 2.24) is 14.9 Å². The molecule has 2 heterocycles. The van der Waals surface area contributed by atoms with Crippen LogP contribution in [0.15, 0.2) is 34.5 Å². The minimum Gasteiger partial charge on any atom is -0.361 e. The molecule has 0 unspecified atom stereocenters. The smallest absolute Gasteiger partial charge is 0.214 e. The second kappa shape index (κ2) is 5.34. The topological polar surface area (TPSA) is 52.3 Å². The van der Waals surface area contributed by atoms with Gasteiger partial charge in [-0.05, 0) is 37.7 Å². The van der Waals surface area contributed by atoms with Gasteiger partial charge in [0, 0.05) is 12.2 Å². The molecule has 104 valence electrons. The van der Waals surface area contributed by atoms with Crippen molar-refractivity contribution in [3.63, 3.8) is 0 Å². The molecule has 1 aromatic heterocycles. The van der Waals surface area contributed by atoms with Crippen molar-refractivity contribution in [3.8, 4) is 0 Å². The second-order valence-electron chi connectivity index (χ2n) is 4.24. The van der Waals surface area contributed by atoms with Crippen molar-refractivity contribution in [1.29, 1.82) is 0 Å². The summed E-state index contributed by atoms with van der Waals surface area (Å²) in [6.07, 6.45) is 0. The molecular formula is C13H13FN4OS. The van der Waals surface area contributed by atoms with Gasteiger partial charge in [0.25, 0.3) is 0 Å². The third-order valence-electron chi connectivity index (χ3n) is 2.87. The molecule has 0 N–H and O–H groups in total. The number of aryl methyl sites for hydroxylation is 1. The first-order valence-corrected chi connectivity index (χ1v) is 7.12. The maximum absolute atomic E-state index is 13.1. The van der Waals surface area contributed by atoms with E-state index in [-0.39, 0.29) is 11.3 Å². The van der Waals surface area contributed by atoms with Crippen LogP contribution in [0.5, 0.6) is 0 Å². The standard InChI is InChI=1S/C13H13FN4OS/c1-3-19-12-11(9-4-6-10(14)7-5-9)17-18-8(2)15-16-13(18)20-12/h4-7,12H,3H2,1-2H3/t12-/m0/s1. The monoisotopic (exact) mass is 292 g/mol. The summed E-state index contributed by atoms with van der Waals surface area (Å²) in [6.45, 7) is 4.32. The van der Waals surface area contributed by atoms with E-state index in [1.165, 1.54) is 23.9 Å². The zero-order valence-electron chi connectivity index (χ0n) is 11.1. The molecule has 0 fully saturated rings. The lowest BCUT2D eigenvalue weighted by Gasteiger charge is -2.22. The van der Waals surface area contributed by atoms with Gasteiger partial charge in [-0.15, -0.1) is 10.2 Å². The molecule has 1 aliphatic rings. The third kappa shape index (κ3) is 2.34. The maximum atomic E-state index is 13.1. The zero-order valence-corrected chi connectivity index (χ0v) is 11.9. The van der Waals surface area contributed by atoms with E-state index in [0.717, 1.165) is 11.3 Å². The molecule has 0 saturated carbocycles. The van der Waals surface area contributed by atoms with E-state index in [1.807, 2.05) is 13.8 Å². The highest BCUT2D eigenvalue weighted by Crippen LogP contribution is 2.30. The second-order valence-corrected chi connectivity index (χ2v) is 5.27. The molecule has 0 bridgehead atoms. The summed E-state index contributed by atoms with van der Waals surface area (Å²) in [7, 11) is 0. The minimum atomic E-state index is -0.271. The van der Waals surface area contributed by atoms with Crippen molar-refractivity contribution >= 4 is 17.5 Å². The highest BCUT2D eigenvalue weighted by molar-refractivity contribution is 8.00. The molecule has 0 spiro atoms. The van der Waals surface area contributed by atoms with Crippen molar-refractivity contribution in [2.24, 2.45) is 5.10 Å². The van der Waals surface area contributed by atoms with E-state index in [0.29, 0.717) is 17.6 Å². The number of aromatic nitrogens is 3. The summed E-state index contributed by atoms with van der Waals surface area (Å²) in [5.41, 5.74) is 1.31. The van der Waals surface area contributed by atoms with Gasteiger partial charge in [-0.3, -0.25) is 0 Å². The number of thioether (sulfide) groups is 1. The molecule has 1 atom stereocenters. The van der Waals surface area contributed by atoms with Gasteiger partial charge >= 0.3 is 0 Å². The Bertz CT molecular complexity index is 653. The Morgan fingerprint density at radius 3 is 2.75 bits per heavy atom. The summed E-state index contributed by atoms with van der Waals surface area (Å²) in [4.78, 5) is 0. The summed E-state index contributed by atoms with van der Waals surface area (Å²) in [5, 5.41) is 13.3. The lowest BCUT2D eigenvalue weighted by molar-refractivity contribution is 0.163. The summed E-state index contributed by atoms with van der Waals surface area (Å²) in [6, 6.07) is 6.23. The Balaban J connectivity index is 2.06. The molecule has 0 amide bonds. The number of rotatable bonds is 3. The van der Waals surface area contributed by atoms with Gasteiger partial charge in [0.05, 0.1) is 0 Å². The Hall–Kier alpha value is -1.73. The van der Waals surface area contributed by atoms with Gasteiger partial charge < -0.3 is 4.74 Å². The van der Waals surface area contributed by atoms with Crippen molar-refractivity contribution in [2.75, 3.05) is 6.61 Å². The number of hydrogen-bond acceptors (Lipinski definition) is 5. The van der Waals surface area contributed by atoms with Crippen molar-refractivity contribution < 1.29 is 9.13 Å². The average Bonchev–Trinajstić information content (AvgIpc) is 2.80. The van der Waals surface area contributed by atoms with E-state index in [9.17, 15) is 4.39 Å². The molecule has 7 heteroatoms. The fourth-order valence-electron chi connectivity index (χ4n) is 1.91. The lowest BCUT2D eigenvalue weighted by Crippen LogP contribution is -2.27. The minimum absolute atomic E-state index is 0.262. The van der Waals surface area contributed by atoms with Crippen molar-refractivity contribution in [3.05, 3.63) is 41.5 Å². The van der Waals surface area contributed by atoms with Crippen LogP contribution in [0.2, 0.25) is 0 Å². The molecule has 1 aromatic carbocycles. The number of ether oxygens (including phenoxy) is 1. The molecule has 5 nitrogen and oxygen atoms in total. The highest BCUT2D eigenvalue weighted by Gasteiger charge is 2.28. The van der Waals surface area contributed by atoms with E-state index >= 15 is 0 Å². The van der Waals surface area contributed by atoms with Gasteiger partial charge in [0.2, 0.25) is 5.16 Å². The Kier molecular flexibility index (Phi) is 3.54. The largest absolute Gasteiger partial charge is 0.361 e. The van der Waals surface area contributed by atoms with Gasteiger partial charge in [0.15, 0.2) is 11.3 Å². The van der Waals surface area contributed by atoms with Crippen LogP contribution in [0.4, 0.5) is 4.39 Å². The van der Waals surface area contributed by atoms with Crippen LogP contribution < -0.4 is 0 Å².